The number of carbonyl (C=O) groups excluding carboxylic acids is 9. The molecule has 4 heterocycles. The van der Waals surface area contributed by atoms with Crippen LogP contribution >= 0.6 is 43.5 Å². The Kier molecular flexibility index (Phi) is 28.3. The molecular formula is C65H92Br2ClN9O17. The number of allylic oxidation sites excluding steroid dienone is 3. The number of rotatable bonds is 28. The maximum Gasteiger partial charge on any atom is 0.409 e. The molecule has 0 spiro atoms. The van der Waals surface area contributed by atoms with Gasteiger partial charge < -0.3 is 84.2 Å². The van der Waals surface area contributed by atoms with Crippen molar-refractivity contribution in [1.29, 1.82) is 0 Å². The first kappa shape index (κ1) is 76.8. The SMILES string of the molecule is COc1cc2cc(c1Cl)N(C)C(=O)C[C@H](OC(=O)[C@H](C)N(C)C(=O)c1ccc(NC(=O)[C@H](CCCNC(N)=O)NC(=O)[C@@H](NC(C=O)CCCC(C)OC(C=O)(CBr)CBr)C(C)C)c(N3CCOCC3)c1)[C@]1(C)O[C@H]1[C@H](C)[C@@H]1C[C@@](O)(NC(=O)O1)[C@H](OC)/C=C/C=C(\C)C2. The van der Waals surface area contributed by atoms with E-state index in [-0.39, 0.29) is 64.8 Å². The lowest BCUT2D eigenvalue weighted by Crippen LogP contribution is -2.63. The number of ether oxygens (including phenoxy) is 7. The molecule has 2 unspecified atom stereocenters. The number of nitrogens with one attached hydrogen (secondary N) is 5. The number of nitrogens with zero attached hydrogens (tertiary/aromatic N) is 3. The van der Waals surface area contributed by atoms with Gasteiger partial charge in [0.1, 0.15) is 58.7 Å². The van der Waals surface area contributed by atoms with Gasteiger partial charge >= 0.3 is 18.1 Å². The maximum absolute atomic E-state index is 14.7. The van der Waals surface area contributed by atoms with Gasteiger partial charge in [-0.3, -0.25) is 29.8 Å². The van der Waals surface area contributed by atoms with Gasteiger partial charge in [0.05, 0.1) is 68.1 Å². The summed E-state index contributed by atoms with van der Waals surface area (Å²) in [5.74, 6) is -3.94. The van der Waals surface area contributed by atoms with E-state index in [1.807, 2.05) is 24.8 Å². The summed E-state index contributed by atoms with van der Waals surface area (Å²) in [6.07, 6.45) is 2.76. The van der Waals surface area contributed by atoms with Gasteiger partial charge in [-0.2, -0.15) is 0 Å². The lowest BCUT2D eigenvalue weighted by molar-refractivity contribution is -0.158. The summed E-state index contributed by atoms with van der Waals surface area (Å²) < 4.78 is 41.5. The number of fused-ring (bicyclic) bond motifs is 5. The van der Waals surface area contributed by atoms with E-state index < -0.39 is 120 Å². The summed E-state index contributed by atoms with van der Waals surface area (Å²) in [6, 6.07) is 3.18. The van der Waals surface area contributed by atoms with Gasteiger partial charge in [0.2, 0.25) is 17.7 Å². The topological polar surface area (TPSA) is 338 Å². The molecule has 4 bridgehead atoms. The molecule has 6 rings (SSSR count). The number of epoxide rings is 1. The zero-order valence-electron chi connectivity index (χ0n) is 55.3. The zero-order chi connectivity index (χ0) is 69.4. The van der Waals surface area contributed by atoms with E-state index in [0.717, 1.165) is 23.7 Å². The number of aliphatic hydroxyl groups is 1. The van der Waals surface area contributed by atoms with Crippen molar-refractivity contribution in [2.45, 2.75) is 171 Å². The summed E-state index contributed by atoms with van der Waals surface area (Å²) >= 11 is 13.6. The van der Waals surface area contributed by atoms with E-state index in [0.29, 0.717) is 69.1 Å². The number of nitrogens with two attached hydrogens (primary N) is 1. The average Bonchev–Trinajstić information content (AvgIpc) is 1.57. The number of likely N-dealkylation sites (N-methyl/N-ethyl adjacent to an activating group) is 1. The minimum absolute atomic E-state index is 0.0438. The van der Waals surface area contributed by atoms with E-state index in [4.69, 9.17) is 50.5 Å². The van der Waals surface area contributed by atoms with Crippen LogP contribution in [-0.2, 0) is 63.6 Å². The fourth-order valence-corrected chi connectivity index (χ4v) is 13.5. The second-order valence-corrected chi connectivity index (χ2v) is 26.6. The Bertz CT molecular complexity index is 3100. The molecule has 7 amide bonds. The molecule has 2 aromatic rings. The van der Waals surface area contributed by atoms with Crippen molar-refractivity contribution in [1.82, 2.24) is 26.2 Å². The fourth-order valence-electron chi connectivity index (χ4n) is 11.8. The molecule has 29 heteroatoms. The molecule has 520 valence electrons. The van der Waals surface area contributed by atoms with Gasteiger partial charge in [0.25, 0.3) is 5.91 Å². The van der Waals surface area contributed by atoms with Crippen molar-refractivity contribution < 1.29 is 81.4 Å². The minimum atomic E-state index is -1.93. The van der Waals surface area contributed by atoms with Crippen LogP contribution in [0.25, 0.3) is 0 Å². The largest absolute Gasteiger partial charge is 0.495 e. The molecule has 8 N–H and O–H groups in total. The lowest BCUT2D eigenvalue weighted by atomic mass is 9.83. The molecule has 12 atom stereocenters. The molecule has 0 aliphatic carbocycles. The molecule has 26 nitrogen and oxygen atoms in total. The molecule has 4 aliphatic heterocycles. The highest BCUT2D eigenvalue weighted by atomic mass is 79.9. The average molecular weight is 1470 g/mol. The zero-order valence-corrected chi connectivity index (χ0v) is 59.2. The Hall–Kier alpha value is -6.24. The van der Waals surface area contributed by atoms with Gasteiger partial charge in [0, 0.05) is 69.4 Å². The van der Waals surface area contributed by atoms with Crippen LogP contribution in [0.4, 0.5) is 26.7 Å². The van der Waals surface area contributed by atoms with Crippen molar-refractivity contribution >= 4 is 115 Å². The highest BCUT2D eigenvalue weighted by Crippen LogP contribution is 2.49. The number of methoxy groups -OCH3 is 2. The second-order valence-electron chi connectivity index (χ2n) is 25.1. The van der Waals surface area contributed by atoms with Crippen LogP contribution in [0, 0.1) is 11.8 Å². The molecule has 3 saturated heterocycles. The Morgan fingerprint density at radius 2 is 1.70 bits per heavy atom. The normalized spacial score (nSPS) is 25.1. The quantitative estimate of drug-likeness (QED) is 0.0168. The standard InChI is InChI=1S/C65H92Br2ClN9O17/c1-37(2)55(71-44(33-78)17-13-16-39(4)93-64(34-66,35-67)36-79)58(82)73-46(18-14-22-70-61(69)85)57(81)72-45-21-20-43(30-47(45)77-23-25-90-26-24-77)59(83)75(8)41(6)60(84)92-52-31-53(80)76(9)48-28-42(29-49(88-10)54(48)68)27-38(3)15-12-19-51(89-11)65(87)32-50(91-62(86)74-65)40(5)56-63(52,7)94-56/h12,15,19-21,28-30,33,36-37,39-41,44,46,50-52,55-56,71,87H,13-14,16-18,22-27,31-32,34-35H2,1-11H3,(H,72,81)(H,73,82)(H,74,86)(H3,69,70,85)/b19-12+,38-15+/t39?,40-,41+,44?,46+,50+,51-,52+,55+,56+,63+,65+/m1/s1. The molecule has 4 aliphatic rings. The van der Waals surface area contributed by atoms with Crippen molar-refractivity contribution in [2.75, 3.05) is 86.9 Å². The number of aldehydes is 2. The number of urea groups is 1. The van der Waals surface area contributed by atoms with Crippen LogP contribution in [0.2, 0.25) is 5.02 Å². The summed E-state index contributed by atoms with van der Waals surface area (Å²) in [5, 5.41) is 26.8. The summed E-state index contributed by atoms with van der Waals surface area (Å²) in [6.45, 7) is 13.7. The van der Waals surface area contributed by atoms with Crippen LogP contribution in [0.15, 0.2) is 54.1 Å². The molecule has 2 aromatic carbocycles. The van der Waals surface area contributed by atoms with E-state index in [1.165, 1.54) is 51.1 Å². The minimum Gasteiger partial charge on any atom is -0.495 e. The third kappa shape index (κ3) is 19.7. The van der Waals surface area contributed by atoms with E-state index in [1.54, 1.807) is 64.1 Å². The Balaban J connectivity index is 1.24. The fraction of sp³-hybridized carbons (Fsp3) is 0.615. The Labute approximate surface area is 571 Å². The number of anilines is 3. The van der Waals surface area contributed by atoms with Crippen LogP contribution in [0.3, 0.4) is 0 Å². The summed E-state index contributed by atoms with van der Waals surface area (Å²) in [4.78, 5) is 126. The number of benzene rings is 2. The van der Waals surface area contributed by atoms with Crippen LogP contribution in [0.1, 0.15) is 109 Å². The number of morpholine rings is 1. The number of primary amides is 1. The highest BCUT2D eigenvalue weighted by Gasteiger charge is 2.64. The monoisotopic (exact) mass is 1460 g/mol. The van der Waals surface area contributed by atoms with E-state index in [2.05, 4.69) is 58.4 Å². The molecule has 0 radical (unpaired) electrons. The van der Waals surface area contributed by atoms with Gasteiger partial charge in [-0.1, -0.05) is 88.0 Å². The van der Waals surface area contributed by atoms with Crippen LogP contribution in [-0.4, -0.2) is 208 Å². The number of hydrogen-bond donors (Lipinski definition) is 7. The number of halogens is 3. The number of hydrogen-bond acceptors (Lipinski definition) is 19. The van der Waals surface area contributed by atoms with Gasteiger partial charge in [-0.15, -0.1) is 0 Å². The Morgan fingerprint density at radius 1 is 1.00 bits per heavy atom. The molecule has 94 heavy (non-hydrogen) atoms. The first-order valence-corrected chi connectivity index (χ1v) is 34.1. The highest BCUT2D eigenvalue weighted by molar-refractivity contribution is 9.10. The number of alkyl carbamates (subject to hydrolysis) is 1. The van der Waals surface area contributed by atoms with Gasteiger partial charge in [0.15, 0.2) is 12.0 Å². The lowest BCUT2D eigenvalue weighted by Gasteiger charge is -2.42. The first-order chi connectivity index (χ1) is 44.5. The molecule has 3 fully saturated rings. The number of esters is 1. The summed E-state index contributed by atoms with van der Waals surface area (Å²) in [5.41, 5.74) is 3.73. The Morgan fingerprint density at radius 3 is 2.33 bits per heavy atom. The van der Waals surface area contributed by atoms with Gasteiger partial charge in [-0.25, -0.2) is 14.4 Å². The smallest absolute Gasteiger partial charge is 0.409 e. The van der Waals surface area contributed by atoms with E-state index >= 15 is 0 Å². The van der Waals surface area contributed by atoms with Crippen LogP contribution in [0.5, 0.6) is 5.75 Å². The van der Waals surface area contributed by atoms with Crippen molar-refractivity contribution in [3.8, 4) is 5.75 Å². The van der Waals surface area contributed by atoms with Crippen LogP contribution < -0.4 is 46.9 Å². The molecule has 0 saturated carbocycles. The van der Waals surface area contributed by atoms with Crippen molar-refractivity contribution in [3.05, 3.63) is 70.3 Å². The third-order valence-corrected chi connectivity index (χ3v) is 19.9. The molecular weight excluding hydrogens is 1370 g/mol. The second kappa shape index (κ2) is 34.6. The van der Waals surface area contributed by atoms with Crippen molar-refractivity contribution in [3.63, 3.8) is 0 Å². The summed E-state index contributed by atoms with van der Waals surface area (Å²) in [7, 11) is 5.81. The third-order valence-electron chi connectivity index (χ3n) is 17.6. The van der Waals surface area contributed by atoms with E-state index in [9.17, 15) is 48.3 Å². The first-order valence-electron chi connectivity index (χ1n) is 31.5. The predicted molar refractivity (Wildman–Crippen MR) is 360 cm³/mol. The number of carbonyl (C=O) groups is 9. The number of alkyl halides is 2. The predicted octanol–water partition coefficient (Wildman–Crippen LogP) is 6.02. The van der Waals surface area contributed by atoms with Gasteiger partial charge in [-0.05, 0) is 108 Å². The maximum atomic E-state index is 14.7. The molecule has 0 aromatic heterocycles. The number of amides is 7. The van der Waals surface area contributed by atoms with Crippen molar-refractivity contribution in [2.24, 2.45) is 17.6 Å².